The number of nitrogens with zero attached hydrogens (tertiary/aromatic N) is 4. The SMILES string of the molecule is Cc1nc([C@@H]2CCCCN2C(=O)C(C)C)nc2c1CC(=O)N2Cc1cccc(F)c1. The van der Waals surface area contributed by atoms with Crippen LogP contribution in [-0.2, 0) is 22.6 Å². The summed E-state index contributed by atoms with van der Waals surface area (Å²) >= 11 is 0. The Hall–Kier alpha value is -2.83. The van der Waals surface area contributed by atoms with Crippen LogP contribution in [0.25, 0.3) is 0 Å². The number of aromatic nitrogens is 2. The number of piperidine rings is 1. The van der Waals surface area contributed by atoms with Crippen LogP contribution in [0.15, 0.2) is 24.3 Å². The fourth-order valence-electron chi connectivity index (χ4n) is 4.32. The normalized spacial score (nSPS) is 18.8. The van der Waals surface area contributed by atoms with Gasteiger partial charge in [0.1, 0.15) is 11.6 Å². The number of halogens is 1. The van der Waals surface area contributed by atoms with Crippen LogP contribution in [0, 0.1) is 18.7 Å². The monoisotopic (exact) mass is 410 g/mol. The smallest absolute Gasteiger partial charge is 0.233 e. The molecule has 4 rings (SSSR count). The van der Waals surface area contributed by atoms with Crippen LogP contribution in [0.3, 0.4) is 0 Å². The summed E-state index contributed by atoms with van der Waals surface area (Å²) in [6.07, 6.45) is 3.05. The number of rotatable bonds is 4. The molecular weight excluding hydrogens is 383 g/mol. The summed E-state index contributed by atoms with van der Waals surface area (Å²) in [5.41, 5.74) is 2.30. The van der Waals surface area contributed by atoms with Crippen molar-refractivity contribution < 1.29 is 14.0 Å². The van der Waals surface area contributed by atoms with Gasteiger partial charge in [0.05, 0.1) is 19.0 Å². The van der Waals surface area contributed by atoms with Crippen molar-refractivity contribution in [3.05, 3.63) is 52.7 Å². The second-order valence-electron chi connectivity index (χ2n) is 8.45. The average molecular weight is 410 g/mol. The Morgan fingerprint density at radius 3 is 2.80 bits per heavy atom. The Bertz CT molecular complexity index is 991. The zero-order chi connectivity index (χ0) is 21.4. The topological polar surface area (TPSA) is 66.4 Å². The molecule has 0 unspecified atom stereocenters. The summed E-state index contributed by atoms with van der Waals surface area (Å²) in [4.78, 5) is 38.5. The number of hydrogen-bond acceptors (Lipinski definition) is 4. The van der Waals surface area contributed by atoms with E-state index in [1.165, 1.54) is 12.1 Å². The van der Waals surface area contributed by atoms with Gasteiger partial charge in [0.25, 0.3) is 0 Å². The number of fused-ring (bicyclic) bond motifs is 1. The van der Waals surface area contributed by atoms with Gasteiger partial charge in [-0.2, -0.15) is 0 Å². The van der Waals surface area contributed by atoms with Gasteiger partial charge in [-0.15, -0.1) is 0 Å². The van der Waals surface area contributed by atoms with Crippen molar-refractivity contribution in [3.8, 4) is 0 Å². The Kier molecular flexibility index (Phi) is 5.54. The van der Waals surface area contributed by atoms with Crippen LogP contribution in [-0.4, -0.2) is 33.2 Å². The molecule has 7 heteroatoms. The van der Waals surface area contributed by atoms with Crippen LogP contribution in [0.4, 0.5) is 10.2 Å². The van der Waals surface area contributed by atoms with Crippen LogP contribution in [0.5, 0.6) is 0 Å². The molecule has 0 radical (unpaired) electrons. The quantitative estimate of drug-likeness (QED) is 0.771. The molecule has 1 atom stereocenters. The van der Waals surface area contributed by atoms with E-state index in [-0.39, 0.29) is 42.6 Å². The molecule has 6 nitrogen and oxygen atoms in total. The lowest BCUT2D eigenvalue weighted by Gasteiger charge is -2.36. The van der Waals surface area contributed by atoms with Gasteiger partial charge in [-0.1, -0.05) is 26.0 Å². The first-order chi connectivity index (χ1) is 14.3. The van der Waals surface area contributed by atoms with E-state index in [9.17, 15) is 14.0 Å². The largest absolute Gasteiger partial charge is 0.332 e. The van der Waals surface area contributed by atoms with E-state index in [1.807, 2.05) is 25.7 Å². The lowest BCUT2D eigenvalue weighted by atomic mass is 9.99. The Labute approximate surface area is 176 Å². The van der Waals surface area contributed by atoms with Gasteiger partial charge >= 0.3 is 0 Å². The van der Waals surface area contributed by atoms with E-state index in [1.54, 1.807) is 17.0 Å². The van der Waals surface area contributed by atoms with Crippen LogP contribution < -0.4 is 4.90 Å². The van der Waals surface area contributed by atoms with Gasteiger partial charge in [-0.05, 0) is 43.9 Å². The first-order valence-electron chi connectivity index (χ1n) is 10.6. The minimum atomic E-state index is -0.330. The fraction of sp³-hybridized carbons (Fsp3) is 0.478. The second-order valence-corrected chi connectivity index (χ2v) is 8.45. The van der Waals surface area contributed by atoms with Gasteiger partial charge in [0.15, 0.2) is 5.82 Å². The number of amides is 2. The van der Waals surface area contributed by atoms with Crippen LogP contribution in [0.1, 0.15) is 61.8 Å². The van der Waals surface area contributed by atoms with E-state index in [0.717, 1.165) is 30.5 Å². The van der Waals surface area contributed by atoms with Crippen molar-refractivity contribution in [2.75, 3.05) is 11.4 Å². The maximum Gasteiger partial charge on any atom is 0.233 e. The molecule has 2 aliphatic heterocycles. The van der Waals surface area contributed by atoms with Gasteiger partial charge in [0.2, 0.25) is 11.8 Å². The molecule has 30 heavy (non-hydrogen) atoms. The maximum absolute atomic E-state index is 13.6. The van der Waals surface area contributed by atoms with E-state index in [4.69, 9.17) is 9.97 Å². The van der Waals surface area contributed by atoms with Gasteiger partial charge in [-0.3, -0.25) is 14.5 Å². The molecule has 0 aliphatic carbocycles. The molecular formula is C23H27FN4O2. The third kappa shape index (κ3) is 3.80. The lowest BCUT2D eigenvalue weighted by molar-refractivity contribution is -0.138. The highest BCUT2D eigenvalue weighted by atomic mass is 19.1. The predicted octanol–water partition coefficient (Wildman–Crippen LogP) is 3.72. The van der Waals surface area contributed by atoms with Gasteiger partial charge in [-0.25, -0.2) is 14.4 Å². The highest BCUT2D eigenvalue weighted by Gasteiger charge is 2.35. The van der Waals surface area contributed by atoms with Crippen molar-refractivity contribution in [1.29, 1.82) is 0 Å². The number of benzene rings is 1. The molecule has 0 spiro atoms. The zero-order valence-electron chi connectivity index (χ0n) is 17.7. The standard InChI is InChI=1S/C23H27FN4O2/c1-14(2)23(30)27-10-5-4-9-19(27)21-25-15(3)18-12-20(29)28(22(18)26-21)13-16-7-6-8-17(24)11-16/h6-8,11,14,19H,4-5,9-10,12-13H2,1-3H3/t19-/m0/s1. The maximum atomic E-state index is 13.6. The molecule has 158 valence electrons. The number of carbonyl (C=O) groups excluding carboxylic acids is 2. The third-order valence-corrected chi connectivity index (χ3v) is 5.90. The molecule has 1 aromatic heterocycles. The minimum absolute atomic E-state index is 0.0671. The highest BCUT2D eigenvalue weighted by molar-refractivity contribution is 6.00. The van der Waals surface area contributed by atoms with E-state index in [2.05, 4.69) is 0 Å². The molecule has 1 saturated heterocycles. The summed E-state index contributed by atoms with van der Waals surface area (Å²) in [7, 11) is 0. The summed E-state index contributed by atoms with van der Waals surface area (Å²) in [5, 5.41) is 0. The van der Waals surface area contributed by atoms with Crippen LogP contribution in [0.2, 0.25) is 0 Å². The van der Waals surface area contributed by atoms with Gasteiger partial charge < -0.3 is 4.90 Å². The summed E-state index contributed by atoms with van der Waals surface area (Å²) in [6.45, 7) is 6.66. The molecule has 3 heterocycles. The summed E-state index contributed by atoms with van der Waals surface area (Å²) in [6, 6.07) is 6.08. The summed E-state index contributed by atoms with van der Waals surface area (Å²) < 4.78 is 13.6. The molecule has 0 bridgehead atoms. The predicted molar refractivity (Wildman–Crippen MR) is 111 cm³/mol. The zero-order valence-corrected chi connectivity index (χ0v) is 17.7. The Morgan fingerprint density at radius 2 is 2.07 bits per heavy atom. The molecule has 1 fully saturated rings. The number of hydrogen-bond donors (Lipinski definition) is 0. The lowest BCUT2D eigenvalue weighted by Crippen LogP contribution is -2.41. The van der Waals surface area contributed by atoms with E-state index in [0.29, 0.717) is 23.8 Å². The van der Waals surface area contributed by atoms with Crippen molar-refractivity contribution in [1.82, 2.24) is 14.9 Å². The molecule has 2 aliphatic rings. The van der Waals surface area contributed by atoms with Crippen molar-refractivity contribution in [2.45, 2.75) is 59.0 Å². The molecule has 0 N–H and O–H groups in total. The summed E-state index contributed by atoms with van der Waals surface area (Å²) in [5.74, 6) is 0.807. The van der Waals surface area contributed by atoms with E-state index < -0.39 is 0 Å². The molecule has 1 aromatic carbocycles. The number of anilines is 1. The Balaban J connectivity index is 1.69. The molecule has 0 saturated carbocycles. The van der Waals surface area contributed by atoms with Crippen molar-refractivity contribution in [2.24, 2.45) is 5.92 Å². The Morgan fingerprint density at radius 1 is 1.27 bits per heavy atom. The fourth-order valence-corrected chi connectivity index (χ4v) is 4.32. The van der Waals surface area contributed by atoms with E-state index >= 15 is 0 Å². The average Bonchev–Trinajstić information content (AvgIpc) is 3.03. The number of carbonyl (C=O) groups is 2. The third-order valence-electron chi connectivity index (χ3n) is 5.90. The number of likely N-dealkylation sites (tertiary alicyclic amines) is 1. The first-order valence-corrected chi connectivity index (χ1v) is 10.6. The number of aryl methyl sites for hydroxylation is 1. The molecule has 2 amide bonds. The van der Waals surface area contributed by atoms with Gasteiger partial charge in [0, 0.05) is 23.7 Å². The molecule has 2 aromatic rings. The minimum Gasteiger partial charge on any atom is -0.332 e. The van der Waals surface area contributed by atoms with Crippen molar-refractivity contribution in [3.63, 3.8) is 0 Å². The van der Waals surface area contributed by atoms with Crippen LogP contribution >= 0.6 is 0 Å². The van der Waals surface area contributed by atoms with Crippen molar-refractivity contribution >= 4 is 17.6 Å². The highest BCUT2D eigenvalue weighted by Crippen LogP contribution is 2.35. The first kappa shape index (κ1) is 20.4. The second kappa shape index (κ2) is 8.13.